The van der Waals surface area contributed by atoms with Crippen LogP contribution in [0.2, 0.25) is 0 Å². The lowest BCUT2D eigenvalue weighted by Gasteiger charge is -2.21. The predicted octanol–water partition coefficient (Wildman–Crippen LogP) is 3.94. The molecular formula is C19H25N3O. The summed E-state index contributed by atoms with van der Waals surface area (Å²) >= 11 is 0. The molecule has 0 aliphatic carbocycles. The maximum absolute atomic E-state index is 5.45. The zero-order valence-corrected chi connectivity index (χ0v) is 14.8. The van der Waals surface area contributed by atoms with E-state index in [2.05, 4.69) is 62.5 Å². The Hall–Kier alpha value is -2.07. The Bertz CT molecular complexity index is 864. The molecule has 0 saturated carbocycles. The number of fused-ring (bicyclic) bond motifs is 3. The van der Waals surface area contributed by atoms with Gasteiger partial charge in [0.1, 0.15) is 5.75 Å². The van der Waals surface area contributed by atoms with Gasteiger partial charge in [0.25, 0.3) is 0 Å². The summed E-state index contributed by atoms with van der Waals surface area (Å²) in [6.07, 6.45) is 0. The van der Waals surface area contributed by atoms with Crippen molar-refractivity contribution in [2.24, 2.45) is 0 Å². The minimum Gasteiger partial charge on any atom is -0.497 e. The average molecular weight is 311 g/mol. The first-order valence-corrected chi connectivity index (χ1v) is 8.03. The molecule has 122 valence electrons. The number of likely N-dealkylation sites (N-methyl/N-ethyl adjacent to an activating group) is 1. The highest BCUT2D eigenvalue weighted by atomic mass is 16.5. The highest BCUT2D eigenvalue weighted by Crippen LogP contribution is 2.35. The van der Waals surface area contributed by atoms with Crippen LogP contribution in [0.5, 0.6) is 5.75 Å². The van der Waals surface area contributed by atoms with Crippen molar-refractivity contribution in [1.82, 2.24) is 14.5 Å². The summed E-state index contributed by atoms with van der Waals surface area (Å²) in [6.45, 7) is 7.40. The molecule has 0 N–H and O–H groups in total. The van der Waals surface area contributed by atoms with Crippen LogP contribution in [-0.2, 0) is 0 Å². The number of nitrogens with zero attached hydrogens (tertiary/aromatic N) is 3. The van der Waals surface area contributed by atoms with Gasteiger partial charge in [-0.05, 0) is 53.1 Å². The number of hydrogen-bond donors (Lipinski definition) is 0. The van der Waals surface area contributed by atoms with Gasteiger partial charge in [0, 0.05) is 35.1 Å². The van der Waals surface area contributed by atoms with Crippen molar-refractivity contribution in [2.75, 3.05) is 27.7 Å². The van der Waals surface area contributed by atoms with Crippen LogP contribution in [0.25, 0.3) is 21.8 Å². The van der Waals surface area contributed by atoms with Gasteiger partial charge in [-0.25, -0.2) is 0 Å². The van der Waals surface area contributed by atoms with E-state index in [0.29, 0.717) is 6.04 Å². The van der Waals surface area contributed by atoms with Gasteiger partial charge in [0.15, 0.2) is 0 Å². The molecule has 0 aliphatic heterocycles. The third-order valence-electron chi connectivity index (χ3n) is 4.36. The van der Waals surface area contributed by atoms with E-state index in [-0.39, 0.29) is 0 Å². The molecule has 1 unspecified atom stereocenters. The molecule has 0 amide bonds. The van der Waals surface area contributed by atoms with E-state index < -0.39 is 0 Å². The minimum atomic E-state index is 0.348. The summed E-state index contributed by atoms with van der Waals surface area (Å²) in [7, 11) is 5.94. The van der Waals surface area contributed by atoms with Crippen LogP contribution in [0.1, 0.15) is 24.4 Å². The highest BCUT2D eigenvalue weighted by Gasteiger charge is 2.18. The number of aromatic nitrogens is 2. The molecule has 0 radical (unpaired) electrons. The summed E-state index contributed by atoms with van der Waals surface area (Å²) < 4.78 is 7.86. The highest BCUT2D eigenvalue weighted by molar-refractivity contribution is 6.09. The first kappa shape index (κ1) is 15.8. The Morgan fingerprint density at radius 1 is 1.17 bits per heavy atom. The third kappa shape index (κ3) is 2.68. The number of benzene rings is 1. The van der Waals surface area contributed by atoms with Crippen LogP contribution in [0.3, 0.4) is 0 Å². The topological polar surface area (TPSA) is 30.3 Å². The molecule has 4 heteroatoms. The average Bonchev–Trinajstić information content (AvgIpc) is 2.80. The van der Waals surface area contributed by atoms with Gasteiger partial charge in [-0.15, -0.1) is 0 Å². The molecule has 0 fully saturated rings. The second-order valence-corrected chi connectivity index (χ2v) is 6.61. The molecule has 0 spiro atoms. The van der Waals surface area contributed by atoms with Crippen LogP contribution in [0.4, 0.5) is 0 Å². The second-order valence-electron chi connectivity index (χ2n) is 6.61. The van der Waals surface area contributed by atoms with Crippen molar-refractivity contribution >= 4 is 21.8 Å². The largest absolute Gasteiger partial charge is 0.497 e. The SMILES string of the molecule is COc1ccc2c3cc(C)nc(C)c3n(C(C)CN(C)C)c2c1. The van der Waals surface area contributed by atoms with Crippen molar-refractivity contribution in [3.8, 4) is 5.75 Å². The van der Waals surface area contributed by atoms with Crippen molar-refractivity contribution < 1.29 is 4.74 Å². The second kappa shape index (κ2) is 5.85. The fourth-order valence-corrected chi connectivity index (χ4v) is 3.59. The van der Waals surface area contributed by atoms with Crippen LogP contribution < -0.4 is 4.74 Å². The lowest BCUT2D eigenvalue weighted by atomic mass is 10.1. The smallest absolute Gasteiger partial charge is 0.120 e. The Labute approximate surface area is 137 Å². The number of methoxy groups -OCH3 is 1. The molecule has 4 nitrogen and oxygen atoms in total. The molecule has 23 heavy (non-hydrogen) atoms. The molecule has 1 aromatic carbocycles. The van der Waals surface area contributed by atoms with E-state index in [9.17, 15) is 0 Å². The van der Waals surface area contributed by atoms with Crippen LogP contribution in [0.15, 0.2) is 24.3 Å². The van der Waals surface area contributed by atoms with Gasteiger partial charge in [-0.1, -0.05) is 0 Å². The van der Waals surface area contributed by atoms with Crippen molar-refractivity contribution in [3.05, 3.63) is 35.7 Å². The minimum absolute atomic E-state index is 0.348. The maximum Gasteiger partial charge on any atom is 0.120 e. The van der Waals surface area contributed by atoms with Gasteiger partial charge in [-0.2, -0.15) is 0 Å². The maximum atomic E-state index is 5.45. The molecule has 2 aromatic heterocycles. The van der Waals surface area contributed by atoms with E-state index in [4.69, 9.17) is 9.72 Å². The fourth-order valence-electron chi connectivity index (χ4n) is 3.59. The van der Waals surface area contributed by atoms with Crippen LogP contribution in [-0.4, -0.2) is 42.2 Å². The quantitative estimate of drug-likeness (QED) is 0.731. The van der Waals surface area contributed by atoms with Gasteiger partial charge < -0.3 is 14.2 Å². The van der Waals surface area contributed by atoms with Crippen molar-refractivity contribution in [2.45, 2.75) is 26.8 Å². The number of rotatable bonds is 4. The lowest BCUT2D eigenvalue weighted by Crippen LogP contribution is -2.22. The Morgan fingerprint density at radius 3 is 2.57 bits per heavy atom. The molecule has 2 heterocycles. The molecule has 0 saturated heterocycles. The van der Waals surface area contributed by atoms with E-state index in [1.807, 2.05) is 6.07 Å². The molecular weight excluding hydrogens is 286 g/mol. The first-order chi connectivity index (χ1) is 10.9. The lowest BCUT2D eigenvalue weighted by molar-refractivity contribution is 0.344. The summed E-state index contributed by atoms with van der Waals surface area (Å²) in [5.74, 6) is 0.890. The van der Waals surface area contributed by atoms with E-state index in [0.717, 1.165) is 23.7 Å². The number of pyridine rings is 1. The number of hydrogen-bond acceptors (Lipinski definition) is 3. The van der Waals surface area contributed by atoms with E-state index >= 15 is 0 Å². The number of aryl methyl sites for hydroxylation is 2. The summed E-state index contributed by atoms with van der Waals surface area (Å²) in [5, 5.41) is 2.54. The van der Waals surface area contributed by atoms with Crippen molar-refractivity contribution in [1.29, 1.82) is 0 Å². The van der Waals surface area contributed by atoms with Crippen LogP contribution >= 0.6 is 0 Å². The zero-order valence-electron chi connectivity index (χ0n) is 14.8. The van der Waals surface area contributed by atoms with Gasteiger partial charge in [0.2, 0.25) is 0 Å². The van der Waals surface area contributed by atoms with E-state index in [1.165, 1.54) is 21.8 Å². The summed E-state index contributed by atoms with van der Waals surface area (Å²) in [6, 6.07) is 8.87. The third-order valence-corrected chi connectivity index (χ3v) is 4.36. The van der Waals surface area contributed by atoms with E-state index in [1.54, 1.807) is 7.11 Å². The van der Waals surface area contributed by atoms with Gasteiger partial charge in [0.05, 0.1) is 23.8 Å². The monoisotopic (exact) mass is 311 g/mol. The predicted molar refractivity (Wildman–Crippen MR) is 96.5 cm³/mol. The Kier molecular flexibility index (Phi) is 4.02. The molecule has 3 rings (SSSR count). The molecule has 3 aromatic rings. The van der Waals surface area contributed by atoms with Gasteiger partial charge >= 0.3 is 0 Å². The molecule has 0 bridgehead atoms. The Balaban J connectivity index is 2.40. The zero-order chi connectivity index (χ0) is 16.7. The normalized spacial score (nSPS) is 13.2. The first-order valence-electron chi connectivity index (χ1n) is 8.03. The standard InChI is InChI=1S/C19H25N3O/c1-12-9-17-16-8-7-15(23-6)10-18(16)22(13(2)11-21(4)5)19(17)14(3)20-12/h7-10,13H,11H2,1-6H3. The van der Waals surface area contributed by atoms with Gasteiger partial charge in [-0.3, -0.25) is 4.98 Å². The van der Waals surface area contributed by atoms with Crippen molar-refractivity contribution in [3.63, 3.8) is 0 Å². The fraction of sp³-hybridized carbons (Fsp3) is 0.421. The Morgan fingerprint density at radius 2 is 1.91 bits per heavy atom. The van der Waals surface area contributed by atoms with Crippen LogP contribution in [0, 0.1) is 13.8 Å². The number of ether oxygens (including phenoxy) is 1. The molecule has 1 atom stereocenters. The molecule has 0 aliphatic rings. The summed E-state index contributed by atoms with van der Waals surface area (Å²) in [5.41, 5.74) is 4.59. The summed E-state index contributed by atoms with van der Waals surface area (Å²) in [4.78, 5) is 6.92.